The van der Waals surface area contributed by atoms with Gasteiger partial charge in [0.2, 0.25) is 5.88 Å². The Labute approximate surface area is 128 Å². The lowest BCUT2D eigenvalue weighted by molar-refractivity contribution is 0.397. The summed E-state index contributed by atoms with van der Waals surface area (Å²) in [7, 11) is 3.63. The van der Waals surface area contributed by atoms with Gasteiger partial charge in [-0.05, 0) is 43.1 Å². The van der Waals surface area contributed by atoms with Crippen molar-refractivity contribution in [1.82, 2.24) is 10.3 Å². The zero-order valence-corrected chi connectivity index (χ0v) is 13.4. The summed E-state index contributed by atoms with van der Waals surface area (Å²) in [5.74, 6) is 0.655. The highest BCUT2D eigenvalue weighted by molar-refractivity contribution is 9.10. The normalized spacial score (nSPS) is 12.2. The first-order chi connectivity index (χ1) is 9.71. The van der Waals surface area contributed by atoms with Gasteiger partial charge >= 0.3 is 0 Å². The number of methoxy groups -OCH3 is 1. The summed E-state index contributed by atoms with van der Waals surface area (Å²) in [4.78, 5) is 4.25. The first-order valence-corrected chi connectivity index (χ1v) is 7.41. The van der Waals surface area contributed by atoms with Gasteiger partial charge in [0.15, 0.2) is 0 Å². The molecule has 0 saturated carbocycles. The molecule has 1 atom stereocenters. The van der Waals surface area contributed by atoms with Gasteiger partial charge in [0.25, 0.3) is 0 Å². The van der Waals surface area contributed by atoms with E-state index in [-0.39, 0.29) is 0 Å². The SMILES string of the molecule is CNC(Cc1ccc(Br)cc1)Cc1ccc(OC)nc1. The van der Waals surface area contributed by atoms with Gasteiger partial charge in [-0.2, -0.15) is 0 Å². The molecule has 0 saturated heterocycles. The molecule has 20 heavy (non-hydrogen) atoms. The quantitative estimate of drug-likeness (QED) is 0.880. The van der Waals surface area contributed by atoms with Crippen molar-refractivity contribution in [2.75, 3.05) is 14.2 Å². The highest BCUT2D eigenvalue weighted by atomic mass is 79.9. The summed E-state index contributed by atoms with van der Waals surface area (Å²) in [5, 5.41) is 3.37. The molecule has 1 heterocycles. The van der Waals surface area contributed by atoms with E-state index < -0.39 is 0 Å². The van der Waals surface area contributed by atoms with E-state index in [2.05, 4.69) is 56.6 Å². The zero-order valence-electron chi connectivity index (χ0n) is 11.8. The van der Waals surface area contributed by atoms with E-state index >= 15 is 0 Å². The number of hydrogen-bond donors (Lipinski definition) is 1. The molecule has 0 amide bonds. The molecule has 0 fully saturated rings. The summed E-state index contributed by atoms with van der Waals surface area (Å²) in [6, 6.07) is 12.8. The van der Waals surface area contributed by atoms with E-state index in [1.54, 1.807) is 7.11 Å². The van der Waals surface area contributed by atoms with Crippen molar-refractivity contribution in [2.24, 2.45) is 0 Å². The minimum Gasteiger partial charge on any atom is -0.481 e. The summed E-state index contributed by atoms with van der Waals surface area (Å²) >= 11 is 3.46. The van der Waals surface area contributed by atoms with Crippen LogP contribution < -0.4 is 10.1 Å². The topological polar surface area (TPSA) is 34.1 Å². The van der Waals surface area contributed by atoms with Crippen LogP contribution in [0.3, 0.4) is 0 Å². The van der Waals surface area contributed by atoms with Crippen LogP contribution in [0.25, 0.3) is 0 Å². The molecule has 0 radical (unpaired) electrons. The maximum atomic E-state index is 5.08. The van der Waals surface area contributed by atoms with Crippen molar-refractivity contribution in [3.8, 4) is 5.88 Å². The second-order valence-corrected chi connectivity index (χ2v) is 5.64. The second kappa shape index (κ2) is 7.41. The van der Waals surface area contributed by atoms with Crippen LogP contribution >= 0.6 is 15.9 Å². The van der Waals surface area contributed by atoms with E-state index in [0.29, 0.717) is 11.9 Å². The van der Waals surface area contributed by atoms with Gasteiger partial charge in [0, 0.05) is 22.8 Å². The Balaban J connectivity index is 1.99. The third kappa shape index (κ3) is 4.32. The number of nitrogens with one attached hydrogen (secondary N) is 1. The first kappa shape index (κ1) is 15.0. The Morgan fingerprint density at radius 1 is 1.10 bits per heavy atom. The highest BCUT2D eigenvalue weighted by Crippen LogP contribution is 2.14. The van der Waals surface area contributed by atoms with Crippen LogP contribution in [0.4, 0.5) is 0 Å². The lowest BCUT2D eigenvalue weighted by Crippen LogP contribution is -2.29. The van der Waals surface area contributed by atoms with Gasteiger partial charge in [-0.1, -0.05) is 34.1 Å². The molecule has 1 unspecified atom stereocenters. The summed E-state index contributed by atoms with van der Waals surface area (Å²) in [6.07, 6.45) is 3.82. The molecule has 0 aliphatic rings. The number of hydrogen-bond acceptors (Lipinski definition) is 3. The van der Waals surface area contributed by atoms with Crippen LogP contribution in [0.1, 0.15) is 11.1 Å². The van der Waals surface area contributed by atoms with Gasteiger partial charge in [0.05, 0.1) is 7.11 Å². The molecule has 3 nitrogen and oxygen atoms in total. The molecular weight excluding hydrogens is 316 g/mol. The van der Waals surface area contributed by atoms with Gasteiger partial charge in [0.1, 0.15) is 0 Å². The summed E-state index contributed by atoms with van der Waals surface area (Å²) in [5.41, 5.74) is 2.54. The van der Waals surface area contributed by atoms with Crippen molar-refractivity contribution in [3.63, 3.8) is 0 Å². The van der Waals surface area contributed by atoms with E-state index in [9.17, 15) is 0 Å². The van der Waals surface area contributed by atoms with E-state index in [1.807, 2.05) is 19.3 Å². The minimum absolute atomic E-state index is 0.395. The third-order valence-electron chi connectivity index (χ3n) is 3.29. The van der Waals surface area contributed by atoms with Crippen molar-refractivity contribution >= 4 is 15.9 Å². The maximum Gasteiger partial charge on any atom is 0.212 e. The predicted molar refractivity (Wildman–Crippen MR) is 85.2 cm³/mol. The van der Waals surface area contributed by atoms with Gasteiger partial charge in [-0.3, -0.25) is 0 Å². The Kier molecular flexibility index (Phi) is 5.56. The monoisotopic (exact) mass is 334 g/mol. The molecule has 0 bridgehead atoms. The highest BCUT2D eigenvalue weighted by Gasteiger charge is 2.09. The van der Waals surface area contributed by atoms with Gasteiger partial charge in [-0.15, -0.1) is 0 Å². The van der Waals surface area contributed by atoms with Gasteiger partial charge < -0.3 is 10.1 Å². The molecule has 1 aromatic heterocycles. The van der Waals surface area contributed by atoms with Crippen LogP contribution in [0.15, 0.2) is 47.1 Å². The number of halogens is 1. The average Bonchev–Trinajstić information content (AvgIpc) is 2.49. The van der Waals surface area contributed by atoms with Crippen LogP contribution in [0, 0.1) is 0 Å². The third-order valence-corrected chi connectivity index (χ3v) is 3.82. The molecule has 1 N–H and O–H groups in total. The lowest BCUT2D eigenvalue weighted by atomic mass is 10.00. The first-order valence-electron chi connectivity index (χ1n) is 6.62. The van der Waals surface area contributed by atoms with Gasteiger partial charge in [-0.25, -0.2) is 4.98 Å². The van der Waals surface area contributed by atoms with E-state index in [4.69, 9.17) is 4.74 Å². The molecule has 0 aliphatic carbocycles. The smallest absolute Gasteiger partial charge is 0.212 e. The standard InChI is InChI=1S/C16H19BrN2O/c1-18-15(9-12-3-6-14(17)7-4-12)10-13-5-8-16(20-2)19-11-13/h3-8,11,15,18H,9-10H2,1-2H3. The number of nitrogens with zero attached hydrogens (tertiary/aromatic N) is 1. The molecule has 2 rings (SSSR count). The van der Waals surface area contributed by atoms with Crippen molar-refractivity contribution in [3.05, 3.63) is 58.2 Å². The average molecular weight is 335 g/mol. The molecule has 106 valence electrons. The fourth-order valence-corrected chi connectivity index (χ4v) is 2.38. The fraction of sp³-hybridized carbons (Fsp3) is 0.312. The van der Waals surface area contributed by atoms with Crippen molar-refractivity contribution in [1.29, 1.82) is 0 Å². The number of aromatic nitrogens is 1. The number of pyridine rings is 1. The molecule has 1 aromatic carbocycles. The Bertz CT molecular complexity index is 525. The lowest BCUT2D eigenvalue weighted by Gasteiger charge is -2.16. The maximum absolute atomic E-state index is 5.08. The molecule has 0 aliphatic heterocycles. The van der Waals surface area contributed by atoms with Crippen LogP contribution in [0.2, 0.25) is 0 Å². The summed E-state index contributed by atoms with van der Waals surface area (Å²) < 4.78 is 6.19. The Hall–Kier alpha value is -1.39. The van der Waals surface area contributed by atoms with Crippen LogP contribution in [-0.2, 0) is 12.8 Å². The Morgan fingerprint density at radius 2 is 1.75 bits per heavy atom. The molecule has 0 spiro atoms. The van der Waals surface area contributed by atoms with Crippen molar-refractivity contribution in [2.45, 2.75) is 18.9 Å². The fourth-order valence-electron chi connectivity index (χ4n) is 2.12. The Morgan fingerprint density at radius 3 is 2.30 bits per heavy atom. The van der Waals surface area contributed by atoms with E-state index in [0.717, 1.165) is 17.3 Å². The van der Waals surface area contributed by atoms with Crippen LogP contribution in [-0.4, -0.2) is 25.2 Å². The number of ether oxygens (including phenoxy) is 1. The molecule has 4 heteroatoms. The van der Waals surface area contributed by atoms with Crippen molar-refractivity contribution < 1.29 is 4.74 Å². The molecule has 2 aromatic rings. The summed E-state index contributed by atoms with van der Waals surface area (Å²) in [6.45, 7) is 0. The number of likely N-dealkylation sites (N-methyl/N-ethyl adjacent to an activating group) is 1. The number of rotatable bonds is 6. The van der Waals surface area contributed by atoms with Crippen LogP contribution in [0.5, 0.6) is 5.88 Å². The number of benzene rings is 1. The van der Waals surface area contributed by atoms with E-state index in [1.165, 1.54) is 11.1 Å². The predicted octanol–water partition coefficient (Wildman–Crippen LogP) is 3.23. The second-order valence-electron chi connectivity index (χ2n) is 4.73. The molecular formula is C16H19BrN2O. The zero-order chi connectivity index (χ0) is 14.4. The largest absolute Gasteiger partial charge is 0.481 e. The minimum atomic E-state index is 0.395.